The van der Waals surface area contributed by atoms with Gasteiger partial charge in [-0.15, -0.1) is 0 Å². The van der Waals surface area contributed by atoms with Crippen molar-refractivity contribution in [1.82, 2.24) is 15.0 Å². The molecule has 0 spiro atoms. The number of fused-ring (bicyclic) bond motifs is 1. The average Bonchev–Trinajstić information content (AvgIpc) is 2.59. The molecule has 0 saturated heterocycles. The Morgan fingerprint density at radius 3 is 2.58 bits per heavy atom. The Kier molecular flexibility index (Phi) is 3.40. The third-order valence-electron chi connectivity index (χ3n) is 2.80. The number of ether oxygens (including phenoxy) is 1. The molecule has 0 atom stereocenters. The van der Waals surface area contributed by atoms with Gasteiger partial charge in [0.15, 0.2) is 0 Å². The largest absolute Gasteiger partial charge is 0.491 e. The van der Waals surface area contributed by atoms with E-state index in [1.54, 1.807) is 0 Å². The second kappa shape index (κ2) is 5.19. The molecule has 0 aliphatic carbocycles. The minimum absolute atomic E-state index is 0.0912. The summed E-state index contributed by atoms with van der Waals surface area (Å²) in [5, 5.41) is 0.182. The number of benzene rings is 1. The molecule has 1 aromatic heterocycles. The summed E-state index contributed by atoms with van der Waals surface area (Å²) in [6.07, 6.45) is 0. The van der Waals surface area contributed by atoms with E-state index in [2.05, 4.69) is 15.0 Å². The SMILES string of the molecule is Clc1nc(Cl)nc(N2CCOc3ccccc3C2)n1. The fraction of sp³-hybridized carbons (Fsp3) is 0.250. The molecule has 2 aromatic rings. The fourth-order valence-electron chi connectivity index (χ4n) is 1.95. The Labute approximate surface area is 120 Å². The summed E-state index contributed by atoms with van der Waals surface area (Å²) in [6.45, 7) is 1.86. The molecule has 0 saturated carbocycles. The van der Waals surface area contributed by atoms with E-state index in [4.69, 9.17) is 27.9 Å². The van der Waals surface area contributed by atoms with Gasteiger partial charge >= 0.3 is 0 Å². The van der Waals surface area contributed by atoms with Crippen molar-refractivity contribution in [3.05, 3.63) is 40.4 Å². The van der Waals surface area contributed by atoms with Gasteiger partial charge in [0.2, 0.25) is 16.5 Å². The zero-order valence-electron chi connectivity index (χ0n) is 9.88. The molecule has 0 unspecified atom stereocenters. The van der Waals surface area contributed by atoms with Crippen molar-refractivity contribution in [1.29, 1.82) is 0 Å². The summed E-state index contributed by atoms with van der Waals surface area (Å²) in [6, 6.07) is 7.88. The Morgan fingerprint density at radius 2 is 1.79 bits per heavy atom. The van der Waals surface area contributed by atoms with Crippen LogP contribution < -0.4 is 9.64 Å². The number of para-hydroxylation sites is 1. The third-order valence-corrected chi connectivity index (χ3v) is 3.14. The van der Waals surface area contributed by atoms with Crippen LogP contribution in [0.1, 0.15) is 5.56 Å². The highest BCUT2D eigenvalue weighted by molar-refractivity contribution is 6.31. The maximum atomic E-state index is 5.81. The number of nitrogens with zero attached hydrogens (tertiary/aromatic N) is 4. The van der Waals surface area contributed by atoms with E-state index in [0.29, 0.717) is 25.6 Å². The van der Waals surface area contributed by atoms with Crippen LogP contribution in [0, 0.1) is 0 Å². The molecule has 0 fully saturated rings. The van der Waals surface area contributed by atoms with E-state index in [9.17, 15) is 0 Å². The maximum Gasteiger partial charge on any atom is 0.231 e. The lowest BCUT2D eigenvalue weighted by Crippen LogP contribution is -2.27. The molecule has 19 heavy (non-hydrogen) atoms. The van der Waals surface area contributed by atoms with E-state index in [1.165, 1.54) is 0 Å². The molecule has 2 heterocycles. The first kappa shape index (κ1) is 12.4. The van der Waals surface area contributed by atoms with Crippen molar-refractivity contribution in [2.45, 2.75) is 6.54 Å². The van der Waals surface area contributed by atoms with Crippen LogP contribution in [0.5, 0.6) is 5.75 Å². The summed E-state index contributed by atoms with van der Waals surface area (Å²) in [5.41, 5.74) is 1.08. The topological polar surface area (TPSA) is 51.1 Å². The normalized spacial score (nSPS) is 14.5. The van der Waals surface area contributed by atoms with Gasteiger partial charge in [0.25, 0.3) is 0 Å². The molecular weight excluding hydrogens is 287 g/mol. The zero-order valence-corrected chi connectivity index (χ0v) is 11.4. The minimum Gasteiger partial charge on any atom is -0.491 e. The van der Waals surface area contributed by atoms with Gasteiger partial charge in [-0.05, 0) is 29.3 Å². The number of aromatic nitrogens is 3. The smallest absolute Gasteiger partial charge is 0.231 e. The fourth-order valence-corrected chi connectivity index (χ4v) is 2.31. The number of hydrogen-bond acceptors (Lipinski definition) is 5. The van der Waals surface area contributed by atoms with Crippen LogP contribution in [-0.4, -0.2) is 28.1 Å². The molecule has 0 amide bonds. The molecule has 0 bridgehead atoms. The lowest BCUT2D eigenvalue weighted by molar-refractivity contribution is 0.331. The van der Waals surface area contributed by atoms with Crippen LogP contribution in [-0.2, 0) is 6.54 Å². The Morgan fingerprint density at radius 1 is 1.05 bits per heavy atom. The second-order valence-electron chi connectivity index (χ2n) is 4.05. The predicted molar refractivity (Wildman–Crippen MR) is 72.8 cm³/mol. The Balaban J connectivity index is 1.94. The van der Waals surface area contributed by atoms with Gasteiger partial charge in [0.1, 0.15) is 12.4 Å². The first-order valence-electron chi connectivity index (χ1n) is 5.75. The van der Waals surface area contributed by atoms with Crippen LogP contribution in [0.3, 0.4) is 0 Å². The van der Waals surface area contributed by atoms with Crippen molar-refractivity contribution in [3.8, 4) is 5.75 Å². The lowest BCUT2D eigenvalue weighted by Gasteiger charge is -2.19. The van der Waals surface area contributed by atoms with Gasteiger partial charge in [-0.3, -0.25) is 0 Å². The van der Waals surface area contributed by atoms with Crippen LogP contribution in [0.25, 0.3) is 0 Å². The average molecular weight is 297 g/mol. The molecule has 5 nitrogen and oxygen atoms in total. The van der Waals surface area contributed by atoms with Gasteiger partial charge in [0, 0.05) is 12.1 Å². The van der Waals surface area contributed by atoms with Crippen LogP contribution >= 0.6 is 23.2 Å². The summed E-state index contributed by atoms with van der Waals surface area (Å²) in [4.78, 5) is 13.9. The Bertz CT molecular complexity index is 588. The first-order chi connectivity index (χ1) is 9.22. The molecule has 3 rings (SSSR count). The van der Waals surface area contributed by atoms with Gasteiger partial charge in [-0.2, -0.15) is 15.0 Å². The molecule has 1 aliphatic rings. The zero-order chi connectivity index (χ0) is 13.2. The molecule has 7 heteroatoms. The van der Waals surface area contributed by atoms with Crippen molar-refractivity contribution in [3.63, 3.8) is 0 Å². The lowest BCUT2D eigenvalue weighted by atomic mass is 10.2. The summed E-state index contributed by atoms with van der Waals surface area (Å²) in [5.74, 6) is 1.35. The van der Waals surface area contributed by atoms with Gasteiger partial charge in [0.05, 0.1) is 6.54 Å². The third kappa shape index (κ3) is 2.72. The number of anilines is 1. The van der Waals surface area contributed by atoms with E-state index < -0.39 is 0 Å². The van der Waals surface area contributed by atoms with E-state index >= 15 is 0 Å². The highest BCUT2D eigenvalue weighted by Gasteiger charge is 2.18. The number of rotatable bonds is 1. The summed E-state index contributed by atoms with van der Waals surface area (Å²) >= 11 is 11.6. The summed E-state index contributed by atoms with van der Waals surface area (Å²) in [7, 11) is 0. The quantitative estimate of drug-likeness (QED) is 0.809. The van der Waals surface area contributed by atoms with Crippen molar-refractivity contribution < 1.29 is 4.74 Å². The Hall–Kier alpha value is -1.59. The molecule has 98 valence electrons. The standard InChI is InChI=1S/C12H10Cl2N4O/c13-10-15-11(14)17-12(16-10)18-5-6-19-9-4-2-1-3-8(9)7-18/h1-4H,5-7H2. The van der Waals surface area contributed by atoms with Crippen LogP contribution in [0.2, 0.25) is 10.6 Å². The maximum absolute atomic E-state index is 5.81. The van der Waals surface area contributed by atoms with E-state index in [1.807, 2.05) is 29.2 Å². The second-order valence-corrected chi connectivity index (χ2v) is 4.73. The van der Waals surface area contributed by atoms with E-state index in [-0.39, 0.29) is 10.6 Å². The highest BCUT2D eigenvalue weighted by Crippen LogP contribution is 2.25. The summed E-state index contributed by atoms with van der Waals surface area (Å²) < 4.78 is 5.68. The predicted octanol–water partition coefficient (Wildman–Crippen LogP) is 2.58. The molecule has 1 aromatic carbocycles. The van der Waals surface area contributed by atoms with Crippen LogP contribution in [0.15, 0.2) is 24.3 Å². The molecule has 0 radical (unpaired) electrons. The van der Waals surface area contributed by atoms with Crippen molar-refractivity contribution >= 4 is 29.2 Å². The van der Waals surface area contributed by atoms with Gasteiger partial charge < -0.3 is 9.64 Å². The van der Waals surface area contributed by atoms with Crippen molar-refractivity contribution in [2.24, 2.45) is 0 Å². The molecule has 0 N–H and O–H groups in total. The first-order valence-corrected chi connectivity index (χ1v) is 6.51. The number of hydrogen-bond donors (Lipinski definition) is 0. The molecule has 1 aliphatic heterocycles. The highest BCUT2D eigenvalue weighted by atomic mass is 35.5. The molecular formula is C12H10Cl2N4O. The van der Waals surface area contributed by atoms with E-state index in [0.717, 1.165) is 11.3 Å². The van der Waals surface area contributed by atoms with Gasteiger partial charge in [-0.1, -0.05) is 18.2 Å². The van der Waals surface area contributed by atoms with Gasteiger partial charge in [-0.25, -0.2) is 0 Å². The minimum atomic E-state index is 0.0912. The van der Waals surface area contributed by atoms with Crippen LogP contribution in [0.4, 0.5) is 5.95 Å². The van der Waals surface area contributed by atoms with Crippen molar-refractivity contribution in [2.75, 3.05) is 18.1 Å². The monoisotopic (exact) mass is 296 g/mol. The number of halogens is 2.